The molecule has 0 spiro atoms. The van der Waals surface area contributed by atoms with E-state index in [0.29, 0.717) is 0 Å². The van der Waals surface area contributed by atoms with Crippen molar-refractivity contribution in [3.63, 3.8) is 0 Å². The van der Waals surface area contributed by atoms with Crippen LogP contribution in [0.3, 0.4) is 0 Å². The van der Waals surface area contributed by atoms with E-state index in [1.54, 1.807) is 0 Å². The first kappa shape index (κ1) is 10.5. The summed E-state index contributed by atoms with van der Waals surface area (Å²) in [5.74, 6) is 0. The lowest BCUT2D eigenvalue weighted by molar-refractivity contribution is 0.297. The van der Waals surface area contributed by atoms with E-state index >= 15 is 0 Å². The average molecular weight is 180 g/mol. The van der Waals surface area contributed by atoms with Crippen molar-refractivity contribution < 1.29 is 4.74 Å². The molecule has 0 amide bonds. The van der Waals surface area contributed by atoms with E-state index in [0.717, 1.165) is 12.8 Å². The molecule has 1 nitrogen and oxygen atoms in total. The van der Waals surface area contributed by atoms with Crippen molar-refractivity contribution >= 4 is 0 Å². The molecule has 0 saturated carbocycles. The quantitative estimate of drug-likeness (QED) is 0.477. The van der Waals surface area contributed by atoms with Crippen molar-refractivity contribution in [1.82, 2.24) is 0 Å². The summed E-state index contributed by atoms with van der Waals surface area (Å²) in [5, 5.41) is 0. The van der Waals surface area contributed by atoms with Crippen molar-refractivity contribution in [2.45, 2.75) is 51.7 Å². The molecule has 74 valence electrons. The molecule has 0 aromatic rings. The molecule has 1 heterocycles. The van der Waals surface area contributed by atoms with Crippen LogP contribution in [-0.4, -0.2) is 11.2 Å². The normalized spacial score (nSPS) is 39.1. The van der Waals surface area contributed by atoms with Crippen LogP contribution in [0.25, 0.3) is 0 Å². The summed E-state index contributed by atoms with van der Waals surface area (Å²) in [6.07, 6.45) is 10.7. The third-order valence-electron chi connectivity index (χ3n) is 2.96. The van der Waals surface area contributed by atoms with Gasteiger partial charge in [0.25, 0.3) is 0 Å². The molecule has 13 heavy (non-hydrogen) atoms. The van der Waals surface area contributed by atoms with E-state index in [-0.39, 0.29) is 11.2 Å². The minimum absolute atomic E-state index is 0.0109. The van der Waals surface area contributed by atoms with E-state index in [4.69, 9.17) is 4.74 Å². The highest BCUT2D eigenvalue weighted by Crippen LogP contribution is 2.54. The molecule has 1 saturated heterocycles. The molecule has 1 rings (SSSR count). The maximum Gasteiger partial charge on any atom is 0.120 e. The fraction of sp³-hybridized carbons (Fsp3) is 0.667. The van der Waals surface area contributed by atoms with Gasteiger partial charge in [0.1, 0.15) is 11.2 Å². The van der Waals surface area contributed by atoms with Crippen LogP contribution in [0.2, 0.25) is 0 Å². The molecule has 0 N–H and O–H groups in total. The minimum Gasteiger partial charge on any atom is -0.354 e. The predicted molar refractivity (Wildman–Crippen MR) is 56.8 cm³/mol. The molecule has 1 aliphatic heterocycles. The second-order valence-corrected chi connectivity index (χ2v) is 3.59. The highest BCUT2D eigenvalue weighted by Gasteiger charge is 2.64. The van der Waals surface area contributed by atoms with Crippen molar-refractivity contribution in [3.8, 4) is 0 Å². The van der Waals surface area contributed by atoms with Crippen LogP contribution in [0.4, 0.5) is 0 Å². The summed E-state index contributed by atoms with van der Waals surface area (Å²) in [6, 6.07) is 0. The maximum absolute atomic E-state index is 5.90. The van der Waals surface area contributed by atoms with E-state index in [9.17, 15) is 0 Å². The lowest BCUT2D eigenvalue weighted by atomic mass is 9.87. The van der Waals surface area contributed by atoms with Gasteiger partial charge in [-0.05, 0) is 26.7 Å². The molecule has 0 aromatic carbocycles. The number of hydrogen-bond donors (Lipinski definition) is 0. The van der Waals surface area contributed by atoms with Gasteiger partial charge in [0.05, 0.1) is 0 Å². The smallest absolute Gasteiger partial charge is 0.120 e. The van der Waals surface area contributed by atoms with Crippen LogP contribution in [0.15, 0.2) is 24.3 Å². The van der Waals surface area contributed by atoms with Crippen molar-refractivity contribution in [3.05, 3.63) is 24.3 Å². The predicted octanol–water partition coefficient (Wildman–Crippen LogP) is 3.47. The van der Waals surface area contributed by atoms with Gasteiger partial charge in [-0.2, -0.15) is 0 Å². The number of rotatable bonds is 4. The Labute approximate surface area is 81.5 Å². The lowest BCUT2D eigenvalue weighted by Crippen LogP contribution is -2.20. The lowest BCUT2D eigenvalue weighted by Gasteiger charge is -2.09. The largest absolute Gasteiger partial charge is 0.354 e. The zero-order valence-corrected chi connectivity index (χ0v) is 9.13. The SMILES string of the molecule is CC=CC1(CC)OC1(C=CC)CC. The molecule has 2 atom stereocenters. The standard InChI is InChI=1S/C12H20O/c1-5-9-11(7-3)12(8-4,13-11)10-6-2/h5-6,9-10H,7-8H2,1-4H3. The van der Waals surface area contributed by atoms with E-state index in [1.807, 2.05) is 0 Å². The van der Waals surface area contributed by atoms with E-state index < -0.39 is 0 Å². The molecule has 1 aliphatic rings. The van der Waals surface area contributed by atoms with Gasteiger partial charge in [-0.15, -0.1) is 0 Å². The summed E-state index contributed by atoms with van der Waals surface area (Å²) in [5.41, 5.74) is -0.0218. The van der Waals surface area contributed by atoms with Crippen LogP contribution in [0, 0.1) is 0 Å². The first-order chi connectivity index (χ1) is 6.20. The Morgan fingerprint density at radius 2 is 1.31 bits per heavy atom. The summed E-state index contributed by atoms with van der Waals surface area (Å²) < 4.78 is 5.90. The van der Waals surface area contributed by atoms with Crippen molar-refractivity contribution in [2.75, 3.05) is 0 Å². The molecule has 2 unspecified atom stereocenters. The van der Waals surface area contributed by atoms with Crippen molar-refractivity contribution in [2.24, 2.45) is 0 Å². The highest BCUT2D eigenvalue weighted by molar-refractivity contribution is 5.31. The van der Waals surface area contributed by atoms with Crippen LogP contribution in [0.1, 0.15) is 40.5 Å². The molecular weight excluding hydrogens is 160 g/mol. The fourth-order valence-electron chi connectivity index (χ4n) is 2.17. The molecule has 0 radical (unpaired) electrons. The van der Waals surface area contributed by atoms with E-state index in [1.165, 1.54) is 0 Å². The second-order valence-electron chi connectivity index (χ2n) is 3.59. The molecule has 1 heteroatoms. The third kappa shape index (κ3) is 1.46. The van der Waals surface area contributed by atoms with Gasteiger partial charge >= 0.3 is 0 Å². The first-order valence-electron chi connectivity index (χ1n) is 5.18. The average Bonchev–Trinajstić information content (AvgIpc) is 2.77. The van der Waals surface area contributed by atoms with Gasteiger partial charge in [-0.3, -0.25) is 0 Å². The number of epoxide rings is 1. The third-order valence-corrected chi connectivity index (χ3v) is 2.96. The van der Waals surface area contributed by atoms with Gasteiger partial charge in [-0.1, -0.05) is 38.2 Å². The van der Waals surface area contributed by atoms with Gasteiger partial charge < -0.3 is 4.74 Å². The van der Waals surface area contributed by atoms with Gasteiger partial charge in [0.2, 0.25) is 0 Å². The summed E-state index contributed by atoms with van der Waals surface area (Å²) in [6.45, 7) is 8.46. The van der Waals surface area contributed by atoms with Crippen LogP contribution >= 0.6 is 0 Å². The van der Waals surface area contributed by atoms with E-state index in [2.05, 4.69) is 52.0 Å². The van der Waals surface area contributed by atoms with Crippen molar-refractivity contribution in [1.29, 1.82) is 0 Å². The fourth-order valence-corrected chi connectivity index (χ4v) is 2.17. The topological polar surface area (TPSA) is 12.5 Å². The molecule has 1 fully saturated rings. The number of allylic oxidation sites excluding steroid dienone is 2. The summed E-state index contributed by atoms with van der Waals surface area (Å²) in [4.78, 5) is 0. The van der Waals surface area contributed by atoms with Gasteiger partial charge in [-0.25, -0.2) is 0 Å². The number of ether oxygens (including phenoxy) is 1. The molecule has 0 bridgehead atoms. The summed E-state index contributed by atoms with van der Waals surface area (Å²) in [7, 11) is 0. The summed E-state index contributed by atoms with van der Waals surface area (Å²) >= 11 is 0. The van der Waals surface area contributed by atoms with Gasteiger partial charge in [0.15, 0.2) is 0 Å². The zero-order chi connectivity index (χ0) is 9.95. The zero-order valence-electron chi connectivity index (χ0n) is 9.13. The Balaban J connectivity index is 2.85. The first-order valence-corrected chi connectivity index (χ1v) is 5.18. The Bertz CT molecular complexity index is 205. The Kier molecular flexibility index (Phi) is 2.97. The molecular formula is C12H20O. The number of hydrogen-bond acceptors (Lipinski definition) is 1. The van der Waals surface area contributed by atoms with Crippen LogP contribution in [-0.2, 0) is 4.74 Å². The minimum atomic E-state index is -0.0109. The van der Waals surface area contributed by atoms with Crippen LogP contribution < -0.4 is 0 Å². The Morgan fingerprint density at radius 1 is 0.923 bits per heavy atom. The second kappa shape index (κ2) is 3.67. The maximum atomic E-state index is 5.90. The highest BCUT2D eigenvalue weighted by atomic mass is 16.6. The monoisotopic (exact) mass is 180 g/mol. The Hall–Kier alpha value is -0.560. The Morgan fingerprint density at radius 3 is 1.54 bits per heavy atom. The molecule has 0 aromatic heterocycles. The van der Waals surface area contributed by atoms with Crippen LogP contribution in [0.5, 0.6) is 0 Å². The molecule has 0 aliphatic carbocycles. The van der Waals surface area contributed by atoms with Gasteiger partial charge in [0, 0.05) is 0 Å².